The first kappa shape index (κ1) is 12.8. The van der Waals surface area contributed by atoms with Crippen molar-refractivity contribution in [2.75, 3.05) is 12.4 Å². The smallest absolute Gasteiger partial charge is 0.214 e. The number of nitrogens with one attached hydrogen (secondary N) is 1. The lowest BCUT2D eigenvalue weighted by molar-refractivity contribution is 0.414. The van der Waals surface area contributed by atoms with Gasteiger partial charge < -0.3 is 14.5 Å². The average molecular weight is 289 g/mol. The maximum Gasteiger partial charge on any atom is 0.214 e. The summed E-state index contributed by atoms with van der Waals surface area (Å²) in [6.07, 6.45) is 0. The number of aromatic nitrogens is 1. The van der Waals surface area contributed by atoms with Gasteiger partial charge in [0.1, 0.15) is 11.3 Å². The van der Waals surface area contributed by atoms with Crippen LogP contribution in [0.5, 0.6) is 5.75 Å². The number of ether oxygens (including phenoxy) is 1. The molecule has 3 aromatic rings. The minimum atomic E-state index is 0.513. The molecule has 102 valence electrons. The molecule has 1 N–H and O–H groups in total. The highest BCUT2D eigenvalue weighted by Gasteiger charge is 2.06. The van der Waals surface area contributed by atoms with Crippen LogP contribution in [0.2, 0.25) is 5.02 Å². The summed E-state index contributed by atoms with van der Waals surface area (Å²) in [4.78, 5) is 4.41. The van der Waals surface area contributed by atoms with Gasteiger partial charge in [-0.1, -0.05) is 11.6 Å². The Labute approximate surface area is 121 Å². The number of benzene rings is 2. The van der Waals surface area contributed by atoms with Crippen LogP contribution in [-0.4, -0.2) is 12.1 Å². The van der Waals surface area contributed by atoms with Crippen molar-refractivity contribution in [1.29, 1.82) is 0 Å². The van der Waals surface area contributed by atoms with Crippen molar-refractivity contribution in [1.82, 2.24) is 4.98 Å². The van der Waals surface area contributed by atoms with Gasteiger partial charge in [0.25, 0.3) is 0 Å². The van der Waals surface area contributed by atoms with Crippen LogP contribution in [0.15, 0.2) is 46.9 Å². The minimum absolute atomic E-state index is 0.513. The Kier molecular flexibility index (Phi) is 3.48. The number of fused-ring (bicyclic) bond motifs is 1. The van der Waals surface area contributed by atoms with E-state index in [1.54, 1.807) is 7.11 Å². The van der Waals surface area contributed by atoms with Crippen molar-refractivity contribution in [2.45, 2.75) is 6.54 Å². The fourth-order valence-electron chi connectivity index (χ4n) is 1.90. The summed E-state index contributed by atoms with van der Waals surface area (Å²) in [6, 6.07) is 13.1. The number of hydrogen-bond acceptors (Lipinski definition) is 4. The van der Waals surface area contributed by atoms with Gasteiger partial charge in [-0.05, 0) is 36.4 Å². The third-order valence-corrected chi connectivity index (χ3v) is 3.18. The van der Waals surface area contributed by atoms with Crippen LogP contribution < -0.4 is 10.1 Å². The molecule has 0 amide bonds. The van der Waals surface area contributed by atoms with E-state index >= 15 is 0 Å². The number of rotatable bonds is 4. The quantitative estimate of drug-likeness (QED) is 0.785. The summed E-state index contributed by atoms with van der Waals surface area (Å²) >= 11 is 5.84. The molecule has 0 aliphatic rings. The molecule has 1 aromatic heterocycles. The van der Waals surface area contributed by atoms with Crippen LogP contribution in [-0.2, 0) is 6.54 Å². The number of anilines is 1. The molecule has 5 heteroatoms. The van der Waals surface area contributed by atoms with E-state index in [1.165, 1.54) is 0 Å². The average Bonchev–Trinajstić information content (AvgIpc) is 2.88. The van der Waals surface area contributed by atoms with Crippen LogP contribution in [0.4, 0.5) is 5.69 Å². The van der Waals surface area contributed by atoms with Crippen LogP contribution in [0.3, 0.4) is 0 Å². The van der Waals surface area contributed by atoms with Crippen molar-refractivity contribution >= 4 is 28.4 Å². The molecule has 2 aromatic carbocycles. The van der Waals surface area contributed by atoms with E-state index in [0.717, 1.165) is 22.5 Å². The van der Waals surface area contributed by atoms with Gasteiger partial charge in [0.15, 0.2) is 5.58 Å². The van der Waals surface area contributed by atoms with E-state index in [0.29, 0.717) is 17.5 Å². The van der Waals surface area contributed by atoms with E-state index in [9.17, 15) is 0 Å². The van der Waals surface area contributed by atoms with Crippen LogP contribution in [0, 0.1) is 0 Å². The second-order valence-corrected chi connectivity index (χ2v) is 4.74. The molecular formula is C15H13ClN2O2. The van der Waals surface area contributed by atoms with E-state index in [4.69, 9.17) is 20.8 Å². The molecule has 0 unspecified atom stereocenters. The Morgan fingerprint density at radius 2 is 2.00 bits per heavy atom. The minimum Gasteiger partial charge on any atom is -0.497 e. The lowest BCUT2D eigenvalue weighted by Crippen LogP contribution is -1.98. The normalized spacial score (nSPS) is 10.7. The van der Waals surface area contributed by atoms with Crippen molar-refractivity contribution < 1.29 is 9.15 Å². The van der Waals surface area contributed by atoms with Gasteiger partial charge >= 0.3 is 0 Å². The molecule has 0 saturated heterocycles. The van der Waals surface area contributed by atoms with Crippen LogP contribution in [0.1, 0.15) is 5.89 Å². The zero-order valence-corrected chi connectivity index (χ0v) is 11.6. The highest BCUT2D eigenvalue weighted by Crippen LogP contribution is 2.22. The lowest BCUT2D eigenvalue weighted by Gasteiger charge is -2.02. The number of nitrogens with zero attached hydrogens (tertiary/aromatic N) is 1. The van der Waals surface area contributed by atoms with Gasteiger partial charge in [-0.2, -0.15) is 0 Å². The third-order valence-electron chi connectivity index (χ3n) is 2.93. The second-order valence-electron chi connectivity index (χ2n) is 4.30. The maximum absolute atomic E-state index is 5.84. The largest absolute Gasteiger partial charge is 0.497 e. The highest BCUT2D eigenvalue weighted by atomic mass is 35.5. The van der Waals surface area contributed by atoms with Crippen molar-refractivity contribution in [3.8, 4) is 5.75 Å². The molecule has 0 saturated carbocycles. The summed E-state index contributed by atoms with van der Waals surface area (Å²) in [5.74, 6) is 1.38. The predicted octanol–water partition coefficient (Wildman–Crippen LogP) is 4.10. The van der Waals surface area contributed by atoms with Crippen LogP contribution in [0.25, 0.3) is 11.1 Å². The second kappa shape index (κ2) is 5.43. The SMILES string of the molecule is COc1ccc2nc(CNc3ccc(Cl)cc3)oc2c1. The summed E-state index contributed by atoms with van der Waals surface area (Å²) in [5.41, 5.74) is 2.50. The summed E-state index contributed by atoms with van der Waals surface area (Å²) in [7, 11) is 1.63. The van der Waals surface area contributed by atoms with Gasteiger partial charge in [0.05, 0.1) is 13.7 Å². The molecule has 3 rings (SSSR count). The first-order valence-electron chi connectivity index (χ1n) is 6.17. The Bertz CT molecular complexity index is 722. The van der Waals surface area contributed by atoms with Gasteiger partial charge in [-0.15, -0.1) is 0 Å². The molecular weight excluding hydrogens is 276 g/mol. The number of methoxy groups -OCH3 is 1. The topological polar surface area (TPSA) is 47.3 Å². The first-order chi connectivity index (χ1) is 9.74. The zero-order chi connectivity index (χ0) is 13.9. The fourth-order valence-corrected chi connectivity index (χ4v) is 2.03. The summed E-state index contributed by atoms with van der Waals surface area (Å²) in [6.45, 7) is 0.513. The molecule has 0 aliphatic heterocycles. The molecule has 0 bridgehead atoms. The predicted molar refractivity (Wildman–Crippen MR) is 79.3 cm³/mol. The van der Waals surface area contributed by atoms with E-state index < -0.39 is 0 Å². The molecule has 20 heavy (non-hydrogen) atoms. The number of hydrogen-bond donors (Lipinski definition) is 1. The highest BCUT2D eigenvalue weighted by molar-refractivity contribution is 6.30. The molecule has 0 aliphatic carbocycles. The van der Waals surface area contributed by atoms with Gasteiger partial charge in [0.2, 0.25) is 5.89 Å². The zero-order valence-electron chi connectivity index (χ0n) is 10.9. The maximum atomic E-state index is 5.84. The Balaban J connectivity index is 1.75. The van der Waals surface area contributed by atoms with Crippen molar-refractivity contribution in [2.24, 2.45) is 0 Å². The number of oxazole rings is 1. The lowest BCUT2D eigenvalue weighted by atomic mass is 10.3. The Morgan fingerprint density at radius 1 is 1.20 bits per heavy atom. The van der Waals surface area contributed by atoms with Crippen molar-refractivity contribution in [3.63, 3.8) is 0 Å². The molecule has 0 spiro atoms. The molecule has 1 heterocycles. The fraction of sp³-hybridized carbons (Fsp3) is 0.133. The monoisotopic (exact) mass is 288 g/mol. The van der Waals surface area contributed by atoms with Gasteiger partial charge in [-0.3, -0.25) is 0 Å². The Hall–Kier alpha value is -2.20. The van der Waals surface area contributed by atoms with E-state index in [2.05, 4.69) is 10.3 Å². The molecule has 0 fully saturated rings. The standard InChI is InChI=1S/C15H13ClN2O2/c1-19-12-6-7-13-14(8-12)20-15(18-13)9-17-11-4-2-10(16)3-5-11/h2-8,17H,9H2,1H3. The van der Waals surface area contributed by atoms with E-state index in [1.807, 2.05) is 42.5 Å². The van der Waals surface area contributed by atoms with Crippen molar-refractivity contribution in [3.05, 3.63) is 53.4 Å². The summed E-state index contributed by atoms with van der Waals surface area (Å²) in [5, 5.41) is 3.94. The Morgan fingerprint density at radius 3 is 2.75 bits per heavy atom. The van der Waals surface area contributed by atoms with Gasteiger partial charge in [-0.25, -0.2) is 4.98 Å². The molecule has 0 radical (unpaired) electrons. The van der Waals surface area contributed by atoms with E-state index in [-0.39, 0.29) is 0 Å². The first-order valence-corrected chi connectivity index (χ1v) is 6.55. The molecule has 4 nitrogen and oxygen atoms in total. The van der Waals surface area contributed by atoms with Crippen LogP contribution >= 0.6 is 11.6 Å². The summed E-state index contributed by atoms with van der Waals surface area (Å²) < 4.78 is 10.8. The van der Waals surface area contributed by atoms with Gasteiger partial charge in [0, 0.05) is 16.8 Å². The third kappa shape index (κ3) is 2.70. The molecule has 0 atom stereocenters. The number of halogens is 1.